The molecule has 1 heterocycles. The van der Waals surface area contributed by atoms with Crippen LogP contribution in [0.2, 0.25) is 0 Å². The van der Waals surface area contributed by atoms with Gasteiger partial charge in [-0.3, -0.25) is 4.79 Å². The second kappa shape index (κ2) is 5.25. The first-order valence-corrected chi connectivity index (χ1v) is 6.54. The zero-order valence-electron chi connectivity index (χ0n) is 10.9. The normalized spacial score (nSPS) is 13.3. The number of aromatic hydroxyl groups is 1. The van der Waals surface area contributed by atoms with E-state index in [4.69, 9.17) is 4.74 Å². The summed E-state index contributed by atoms with van der Waals surface area (Å²) in [6.07, 6.45) is 1.75. The molecule has 1 amide bonds. The fourth-order valence-electron chi connectivity index (χ4n) is 2.24. The first-order valence-electron chi connectivity index (χ1n) is 6.54. The van der Waals surface area contributed by atoms with E-state index >= 15 is 0 Å². The third kappa shape index (κ3) is 2.74. The number of carbonyl (C=O) groups excluding carboxylic acids is 1. The summed E-state index contributed by atoms with van der Waals surface area (Å²) in [5.41, 5.74) is 3.05. The molecule has 0 fully saturated rings. The molecule has 2 N–H and O–H groups in total. The number of amides is 1. The van der Waals surface area contributed by atoms with E-state index in [-0.39, 0.29) is 18.3 Å². The van der Waals surface area contributed by atoms with Crippen molar-refractivity contribution < 1.29 is 14.6 Å². The lowest BCUT2D eigenvalue weighted by Gasteiger charge is -2.18. The Morgan fingerprint density at radius 3 is 2.55 bits per heavy atom. The molecule has 0 radical (unpaired) electrons. The van der Waals surface area contributed by atoms with Gasteiger partial charge >= 0.3 is 0 Å². The smallest absolute Gasteiger partial charge is 0.262 e. The minimum Gasteiger partial charge on any atom is -0.508 e. The monoisotopic (exact) mass is 269 g/mol. The predicted octanol–water partition coefficient (Wildman–Crippen LogP) is 2.51. The third-order valence-electron chi connectivity index (χ3n) is 3.32. The topological polar surface area (TPSA) is 58.6 Å². The molecule has 4 heteroatoms. The SMILES string of the molecule is O=C1COc2ccc(CCc3ccc(O)cc3)cc2N1. The molecule has 2 aromatic carbocycles. The van der Waals surface area contributed by atoms with Crippen LogP contribution < -0.4 is 10.1 Å². The summed E-state index contributed by atoms with van der Waals surface area (Å²) in [6.45, 7) is 0.0832. The molecular weight excluding hydrogens is 254 g/mol. The summed E-state index contributed by atoms with van der Waals surface area (Å²) in [7, 11) is 0. The molecule has 1 aliphatic rings. The van der Waals surface area contributed by atoms with Crippen LogP contribution in [0.1, 0.15) is 11.1 Å². The molecule has 20 heavy (non-hydrogen) atoms. The number of nitrogens with one attached hydrogen (secondary N) is 1. The molecule has 102 valence electrons. The molecule has 0 saturated heterocycles. The minimum atomic E-state index is -0.117. The highest BCUT2D eigenvalue weighted by atomic mass is 16.5. The van der Waals surface area contributed by atoms with Crippen molar-refractivity contribution >= 4 is 11.6 Å². The van der Waals surface area contributed by atoms with Crippen LogP contribution in [0, 0.1) is 0 Å². The molecule has 0 atom stereocenters. The standard InChI is InChI=1S/C16H15NO3/c18-13-6-3-11(4-7-13)1-2-12-5-8-15-14(9-12)17-16(19)10-20-15/h3-9,18H,1-2,10H2,(H,17,19). The number of phenolic OH excluding ortho intramolecular Hbond substituents is 1. The van der Waals surface area contributed by atoms with Gasteiger partial charge in [0, 0.05) is 0 Å². The highest BCUT2D eigenvalue weighted by molar-refractivity contribution is 5.95. The van der Waals surface area contributed by atoms with Gasteiger partial charge in [0.05, 0.1) is 5.69 Å². The number of ether oxygens (including phenoxy) is 1. The Morgan fingerprint density at radius 2 is 1.75 bits per heavy atom. The van der Waals surface area contributed by atoms with Gasteiger partial charge in [-0.25, -0.2) is 0 Å². The van der Waals surface area contributed by atoms with Crippen LogP contribution in [0.15, 0.2) is 42.5 Å². The number of benzene rings is 2. The van der Waals surface area contributed by atoms with E-state index in [1.807, 2.05) is 30.3 Å². The molecule has 0 aromatic heterocycles. The van der Waals surface area contributed by atoms with Gasteiger partial charge in [-0.05, 0) is 48.2 Å². The van der Waals surface area contributed by atoms with E-state index in [0.29, 0.717) is 0 Å². The van der Waals surface area contributed by atoms with Crippen LogP contribution in [0.4, 0.5) is 5.69 Å². The Kier molecular flexibility index (Phi) is 3.29. The van der Waals surface area contributed by atoms with Crippen LogP contribution in [-0.2, 0) is 17.6 Å². The summed E-state index contributed by atoms with van der Waals surface area (Å²) in [6, 6.07) is 13.1. The largest absolute Gasteiger partial charge is 0.508 e. The third-order valence-corrected chi connectivity index (χ3v) is 3.32. The van der Waals surface area contributed by atoms with E-state index < -0.39 is 0 Å². The van der Waals surface area contributed by atoms with E-state index in [1.165, 1.54) is 5.56 Å². The molecule has 0 spiro atoms. The summed E-state index contributed by atoms with van der Waals surface area (Å²) in [4.78, 5) is 11.3. The molecule has 2 aromatic rings. The van der Waals surface area contributed by atoms with Crippen molar-refractivity contribution in [1.29, 1.82) is 0 Å². The number of hydrogen-bond donors (Lipinski definition) is 2. The average Bonchev–Trinajstić information content (AvgIpc) is 2.46. The van der Waals surface area contributed by atoms with Crippen molar-refractivity contribution in [1.82, 2.24) is 0 Å². The summed E-state index contributed by atoms with van der Waals surface area (Å²) in [5.74, 6) is 0.883. The second-order valence-electron chi connectivity index (χ2n) is 4.83. The van der Waals surface area contributed by atoms with Crippen molar-refractivity contribution in [2.75, 3.05) is 11.9 Å². The van der Waals surface area contributed by atoms with Gasteiger partial charge in [0.25, 0.3) is 5.91 Å². The zero-order chi connectivity index (χ0) is 13.9. The molecule has 4 nitrogen and oxygen atoms in total. The first kappa shape index (κ1) is 12.5. The Balaban J connectivity index is 1.70. The molecule has 0 saturated carbocycles. The average molecular weight is 269 g/mol. The Hall–Kier alpha value is -2.49. The van der Waals surface area contributed by atoms with Gasteiger partial charge < -0.3 is 15.2 Å². The van der Waals surface area contributed by atoms with Crippen LogP contribution in [0.25, 0.3) is 0 Å². The van der Waals surface area contributed by atoms with E-state index in [0.717, 1.165) is 29.8 Å². The van der Waals surface area contributed by atoms with E-state index in [1.54, 1.807) is 12.1 Å². The molecular formula is C16H15NO3. The molecule has 0 aliphatic carbocycles. The van der Waals surface area contributed by atoms with Crippen molar-refractivity contribution in [3.05, 3.63) is 53.6 Å². The fourth-order valence-corrected chi connectivity index (χ4v) is 2.24. The van der Waals surface area contributed by atoms with Crippen LogP contribution in [0.3, 0.4) is 0 Å². The van der Waals surface area contributed by atoms with Gasteiger partial charge in [-0.2, -0.15) is 0 Å². The number of fused-ring (bicyclic) bond motifs is 1. The Morgan fingerprint density at radius 1 is 1.05 bits per heavy atom. The lowest BCUT2D eigenvalue weighted by molar-refractivity contribution is -0.118. The number of aryl methyl sites for hydroxylation is 2. The Bertz CT molecular complexity index is 635. The summed E-state index contributed by atoms with van der Waals surface area (Å²) in [5, 5.41) is 12.1. The zero-order valence-corrected chi connectivity index (χ0v) is 10.9. The van der Waals surface area contributed by atoms with Crippen molar-refractivity contribution in [2.45, 2.75) is 12.8 Å². The van der Waals surface area contributed by atoms with Gasteiger partial charge in [-0.1, -0.05) is 18.2 Å². The lowest BCUT2D eigenvalue weighted by Crippen LogP contribution is -2.25. The van der Waals surface area contributed by atoms with Gasteiger partial charge in [0.15, 0.2) is 6.61 Å². The fraction of sp³-hybridized carbons (Fsp3) is 0.188. The number of anilines is 1. The van der Waals surface area contributed by atoms with Crippen LogP contribution in [0.5, 0.6) is 11.5 Å². The highest BCUT2D eigenvalue weighted by Crippen LogP contribution is 2.28. The van der Waals surface area contributed by atoms with Crippen molar-refractivity contribution in [3.8, 4) is 11.5 Å². The van der Waals surface area contributed by atoms with Crippen LogP contribution >= 0.6 is 0 Å². The molecule has 1 aliphatic heterocycles. The molecule has 0 bridgehead atoms. The number of hydrogen-bond acceptors (Lipinski definition) is 3. The number of phenols is 1. The second-order valence-corrected chi connectivity index (χ2v) is 4.83. The number of carbonyl (C=O) groups is 1. The Labute approximate surface area is 117 Å². The maximum Gasteiger partial charge on any atom is 0.262 e. The lowest BCUT2D eigenvalue weighted by atomic mass is 10.0. The summed E-state index contributed by atoms with van der Waals surface area (Å²) < 4.78 is 5.33. The van der Waals surface area contributed by atoms with E-state index in [9.17, 15) is 9.90 Å². The van der Waals surface area contributed by atoms with Crippen molar-refractivity contribution in [2.24, 2.45) is 0 Å². The minimum absolute atomic E-state index is 0.0832. The first-order chi connectivity index (χ1) is 9.70. The maximum atomic E-state index is 11.3. The summed E-state index contributed by atoms with van der Waals surface area (Å²) >= 11 is 0. The van der Waals surface area contributed by atoms with Gasteiger partial charge in [0.2, 0.25) is 0 Å². The van der Waals surface area contributed by atoms with Gasteiger partial charge in [0.1, 0.15) is 11.5 Å². The quantitative estimate of drug-likeness (QED) is 0.900. The molecule has 3 rings (SSSR count). The predicted molar refractivity (Wildman–Crippen MR) is 76.1 cm³/mol. The van der Waals surface area contributed by atoms with Crippen molar-refractivity contribution in [3.63, 3.8) is 0 Å². The highest BCUT2D eigenvalue weighted by Gasteiger charge is 2.15. The number of rotatable bonds is 3. The maximum absolute atomic E-state index is 11.3. The molecule has 0 unspecified atom stereocenters. The van der Waals surface area contributed by atoms with Crippen LogP contribution in [-0.4, -0.2) is 17.6 Å². The van der Waals surface area contributed by atoms with Gasteiger partial charge in [-0.15, -0.1) is 0 Å². The van der Waals surface area contributed by atoms with E-state index in [2.05, 4.69) is 5.32 Å².